The smallest absolute Gasteiger partial charge is 0.320 e. The Balaban J connectivity index is 1.79. The fourth-order valence-electron chi connectivity index (χ4n) is 2.90. The van der Waals surface area contributed by atoms with Crippen molar-refractivity contribution in [2.75, 3.05) is 24.3 Å². The number of hydrogen-bond donors (Lipinski definition) is 4. The van der Waals surface area contributed by atoms with E-state index in [4.69, 9.17) is 4.74 Å². The monoisotopic (exact) mass is 368 g/mol. The first-order valence-corrected chi connectivity index (χ1v) is 8.85. The van der Waals surface area contributed by atoms with Gasteiger partial charge in [0.15, 0.2) is 5.82 Å². The number of rotatable bonds is 7. The molecule has 0 saturated carbocycles. The molecule has 0 aliphatic carbocycles. The van der Waals surface area contributed by atoms with E-state index in [-0.39, 0.29) is 12.1 Å². The number of pyridine rings is 1. The number of carbonyl (C=O) groups is 1. The molecule has 8 heteroatoms. The van der Waals surface area contributed by atoms with Gasteiger partial charge < -0.3 is 15.4 Å². The van der Waals surface area contributed by atoms with Crippen LogP contribution in [0.1, 0.15) is 31.1 Å². The Labute approximate surface area is 157 Å². The molecule has 142 valence electrons. The Bertz CT molecular complexity index is 909. The molecule has 1 aromatic carbocycles. The molecule has 0 bridgehead atoms. The summed E-state index contributed by atoms with van der Waals surface area (Å²) >= 11 is 0. The van der Waals surface area contributed by atoms with Crippen LogP contribution in [0.5, 0.6) is 0 Å². The maximum Gasteiger partial charge on any atom is 0.320 e. The molecule has 4 N–H and O–H groups in total. The van der Waals surface area contributed by atoms with Gasteiger partial charge in [0.05, 0.1) is 29.2 Å². The lowest BCUT2D eigenvalue weighted by Gasteiger charge is -2.15. The standard InChI is InChI=1S/C19H24N6O2/c1-4-20-18-17-14(24-25-18)10-16(22-15(17)11-27-3)23-19(26)21-12(2)13-8-6-5-7-9-13/h5-10,12H,4,11H2,1-3H3,(H2,20,24,25)(H2,21,22,23,26). The van der Waals surface area contributed by atoms with Crippen molar-refractivity contribution in [2.24, 2.45) is 0 Å². The van der Waals surface area contributed by atoms with Crippen LogP contribution in [-0.4, -0.2) is 34.9 Å². The van der Waals surface area contributed by atoms with E-state index in [1.807, 2.05) is 44.2 Å². The molecule has 8 nitrogen and oxygen atoms in total. The van der Waals surface area contributed by atoms with E-state index < -0.39 is 0 Å². The third kappa shape index (κ3) is 4.35. The highest BCUT2D eigenvalue weighted by molar-refractivity contribution is 5.96. The zero-order valence-electron chi connectivity index (χ0n) is 15.7. The maximum absolute atomic E-state index is 12.4. The van der Waals surface area contributed by atoms with Crippen LogP contribution in [0.4, 0.5) is 16.4 Å². The van der Waals surface area contributed by atoms with Gasteiger partial charge in [0, 0.05) is 19.7 Å². The average molecular weight is 368 g/mol. The molecule has 0 spiro atoms. The molecule has 2 heterocycles. The number of aromatic amines is 1. The van der Waals surface area contributed by atoms with Crippen LogP contribution in [0.15, 0.2) is 36.4 Å². The van der Waals surface area contributed by atoms with Gasteiger partial charge in [-0.3, -0.25) is 10.4 Å². The SMILES string of the molecule is CCNc1n[nH]c2cc(NC(=O)NC(C)c3ccccc3)nc(COC)c12. The number of ether oxygens (including phenoxy) is 1. The Morgan fingerprint density at radius 1 is 1.30 bits per heavy atom. The Morgan fingerprint density at radius 2 is 2.07 bits per heavy atom. The highest BCUT2D eigenvalue weighted by Crippen LogP contribution is 2.26. The van der Waals surface area contributed by atoms with Crippen LogP contribution in [0.25, 0.3) is 10.9 Å². The Morgan fingerprint density at radius 3 is 2.78 bits per heavy atom. The van der Waals surface area contributed by atoms with Crippen LogP contribution >= 0.6 is 0 Å². The summed E-state index contributed by atoms with van der Waals surface area (Å²) in [7, 11) is 1.61. The van der Waals surface area contributed by atoms with E-state index in [2.05, 4.69) is 31.1 Å². The number of aromatic nitrogens is 3. The highest BCUT2D eigenvalue weighted by atomic mass is 16.5. The fourth-order valence-corrected chi connectivity index (χ4v) is 2.90. The van der Waals surface area contributed by atoms with Gasteiger partial charge in [-0.05, 0) is 19.4 Å². The summed E-state index contributed by atoms with van der Waals surface area (Å²) < 4.78 is 5.26. The predicted octanol–water partition coefficient (Wildman–Crippen LogP) is 3.42. The minimum Gasteiger partial charge on any atom is -0.378 e. The minimum atomic E-state index is -0.326. The number of amides is 2. The van der Waals surface area contributed by atoms with Gasteiger partial charge in [0.2, 0.25) is 0 Å². The van der Waals surface area contributed by atoms with Crippen LogP contribution < -0.4 is 16.0 Å². The molecule has 3 rings (SSSR count). The normalized spacial score (nSPS) is 12.0. The zero-order chi connectivity index (χ0) is 19.2. The average Bonchev–Trinajstić information content (AvgIpc) is 3.06. The van der Waals surface area contributed by atoms with Crippen molar-refractivity contribution < 1.29 is 9.53 Å². The third-order valence-electron chi connectivity index (χ3n) is 4.13. The quantitative estimate of drug-likeness (QED) is 0.512. The number of hydrogen-bond acceptors (Lipinski definition) is 5. The number of nitrogens with one attached hydrogen (secondary N) is 4. The van der Waals surface area contributed by atoms with Crippen molar-refractivity contribution in [3.8, 4) is 0 Å². The van der Waals surface area contributed by atoms with Crippen LogP contribution in [0.2, 0.25) is 0 Å². The first-order chi connectivity index (χ1) is 13.1. The van der Waals surface area contributed by atoms with Gasteiger partial charge in [-0.25, -0.2) is 9.78 Å². The summed E-state index contributed by atoms with van der Waals surface area (Å²) in [6.45, 7) is 4.98. The Kier molecular flexibility index (Phi) is 5.87. The maximum atomic E-state index is 12.4. The molecule has 0 aliphatic heterocycles. The van der Waals surface area contributed by atoms with Gasteiger partial charge in [0.1, 0.15) is 5.82 Å². The molecule has 3 aromatic rings. The zero-order valence-corrected chi connectivity index (χ0v) is 15.7. The molecule has 2 aromatic heterocycles. The number of urea groups is 1. The van der Waals surface area contributed by atoms with Gasteiger partial charge in [0.25, 0.3) is 0 Å². The number of methoxy groups -OCH3 is 1. The van der Waals surface area contributed by atoms with Gasteiger partial charge in [-0.2, -0.15) is 5.10 Å². The number of benzene rings is 1. The summed E-state index contributed by atoms with van der Waals surface area (Å²) in [6, 6.07) is 11.1. The number of H-pyrrole nitrogens is 1. The van der Waals surface area contributed by atoms with Crippen molar-refractivity contribution in [1.29, 1.82) is 0 Å². The lowest BCUT2D eigenvalue weighted by Crippen LogP contribution is -2.31. The summed E-state index contributed by atoms with van der Waals surface area (Å²) in [5.41, 5.74) is 2.51. The van der Waals surface area contributed by atoms with E-state index in [1.54, 1.807) is 13.2 Å². The first kappa shape index (κ1) is 18.7. The summed E-state index contributed by atoms with van der Waals surface area (Å²) in [5.74, 6) is 1.15. The highest BCUT2D eigenvalue weighted by Gasteiger charge is 2.15. The first-order valence-electron chi connectivity index (χ1n) is 8.85. The van der Waals surface area contributed by atoms with E-state index >= 15 is 0 Å². The number of nitrogens with zero attached hydrogens (tertiary/aromatic N) is 2. The van der Waals surface area contributed by atoms with Gasteiger partial charge in [-0.15, -0.1) is 0 Å². The molecule has 1 atom stereocenters. The number of anilines is 2. The number of fused-ring (bicyclic) bond motifs is 1. The molecule has 0 aliphatic rings. The summed E-state index contributed by atoms with van der Waals surface area (Å²) in [5, 5.41) is 17.0. The molecular formula is C19H24N6O2. The molecular weight excluding hydrogens is 344 g/mol. The molecule has 2 amide bonds. The van der Waals surface area contributed by atoms with Gasteiger partial charge in [-0.1, -0.05) is 30.3 Å². The molecule has 1 unspecified atom stereocenters. The molecule has 0 fully saturated rings. The van der Waals surface area contributed by atoms with Gasteiger partial charge >= 0.3 is 6.03 Å². The van der Waals surface area contributed by atoms with E-state index in [0.29, 0.717) is 18.1 Å². The van der Waals surface area contributed by atoms with Crippen molar-refractivity contribution in [1.82, 2.24) is 20.5 Å². The second kappa shape index (κ2) is 8.50. The van der Waals surface area contributed by atoms with E-state index in [9.17, 15) is 4.79 Å². The lowest BCUT2D eigenvalue weighted by molar-refractivity contribution is 0.183. The molecule has 0 saturated heterocycles. The largest absolute Gasteiger partial charge is 0.378 e. The van der Waals surface area contributed by atoms with Crippen LogP contribution in [0, 0.1) is 0 Å². The van der Waals surface area contributed by atoms with E-state index in [1.165, 1.54) is 0 Å². The Hall–Kier alpha value is -3.13. The fraction of sp³-hybridized carbons (Fsp3) is 0.316. The van der Waals surface area contributed by atoms with Crippen molar-refractivity contribution in [2.45, 2.75) is 26.5 Å². The predicted molar refractivity (Wildman–Crippen MR) is 106 cm³/mol. The molecule has 27 heavy (non-hydrogen) atoms. The minimum absolute atomic E-state index is 0.124. The topological polar surface area (TPSA) is 104 Å². The van der Waals surface area contributed by atoms with E-state index in [0.717, 1.165) is 28.8 Å². The summed E-state index contributed by atoms with van der Waals surface area (Å²) in [4.78, 5) is 16.9. The number of carbonyl (C=O) groups excluding carboxylic acids is 1. The van der Waals surface area contributed by atoms with Crippen molar-refractivity contribution in [3.05, 3.63) is 47.7 Å². The van der Waals surface area contributed by atoms with Crippen LogP contribution in [0.3, 0.4) is 0 Å². The summed E-state index contributed by atoms with van der Waals surface area (Å²) in [6.07, 6.45) is 0. The van der Waals surface area contributed by atoms with Crippen LogP contribution in [-0.2, 0) is 11.3 Å². The van der Waals surface area contributed by atoms with Crippen molar-refractivity contribution in [3.63, 3.8) is 0 Å². The lowest BCUT2D eigenvalue weighted by atomic mass is 10.1. The second-order valence-electron chi connectivity index (χ2n) is 6.14. The second-order valence-corrected chi connectivity index (χ2v) is 6.14. The molecule has 0 radical (unpaired) electrons. The third-order valence-corrected chi connectivity index (χ3v) is 4.13. The van der Waals surface area contributed by atoms with Crippen molar-refractivity contribution >= 4 is 28.6 Å².